The standard InChI is InChI=1S/C33H26N2O5/c1-39-32(37)26-13-11-22(12-14-26)20-34-31(36)21-40-33(38)28-19-30(35-29-10-6-5-9-27(28)29)25-17-15-24(16-18-25)23-7-3-2-4-8-23/h2-19H,20-21H2,1H3,(H,34,36). The molecule has 7 nitrogen and oxygen atoms in total. The zero-order valence-corrected chi connectivity index (χ0v) is 21.8. The van der Waals surface area contributed by atoms with Crippen LogP contribution in [0.25, 0.3) is 33.3 Å². The highest BCUT2D eigenvalue weighted by Crippen LogP contribution is 2.28. The lowest BCUT2D eigenvalue weighted by molar-refractivity contribution is -0.124. The third kappa shape index (κ3) is 6.05. The van der Waals surface area contributed by atoms with Crippen LogP contribution in [0.4, 0.5) is 0 Å². The Bertz CT molecular complexity index is 1660. The molecular weight excluding hydrogens is 504 g/mol. The number of esters is 2. The smallest absolute Gasteiger partial charge is 0.339 e. The minimum atomic E-state index is -0.613. The molecule has 0 aliphatic carbocycles. The quantitative estimate of drug-likeness (QED) is 0.254. The molecule has 5 rings (SSSR count). The summed E-state index contributed by atoms with van der Waals surface area (Å²) in [6.07, 6.45) is 0. The van der Waals surface area contributed by atoms with Gasteiger partial charge >= 0.3 is 11.9 Å². The van der Waals surface area contributed by atoms with E-state index in [2.05, 4.69) is 10.1 Å². The van der Waals surface area contributed by atoms with Crippen molar-refractivity contribution in [3.63, 3.8) is 0 Å². The van der Waals surface area contributed by atoms with Crippen molar-refractivity contribution >= 4 is 28.7 Å². The minimum absolute atomic E-state index is 0.221. The van der Waals surface area contributed by atoms with Crippen LogP contribution in [0.2, 0.25) is 0 Å². The molecule has 1 amide bonds. The second-order valence-corrected chi connectivity index (χ2v) is 9.06. The largest absolute Gasteiger partial charge is 0.465 e. The Morgan fingerprint density at radius 3 is 2.10 bits per heavy atom. The lowest BCUT2D eigenvalue weighted by Crippen LogP contribution is -2.28. The average Bonchev–Trinajstić information content (AvgIpc) is 3.02. The Hall–Kier alpha value is -5.30. The third-order valence-electron chi connectivity index (χ3n) is 6.42. The van der Waals surface area contributed by atoms with E-state index in [0.717, 1.165) is 22.3 Å². The summed E-state index contributed by atoms with van der Waals surface area (Å²) in [5, 5.41) is 3.36. The molecule has 0 bridgehead atoms. The van der Waals surface area contributed by atoms with Crippen molar-refractivity contribution in [3.8, 4) is 22.4 Å². The number of benzene rings is 4. The number of hydrogen-bond acceptors (Lipinski definition) is 6. The predicted octanol–water partition coefficient (Wildman–Crippen LogP) is 5.83. The number of amides is 1. The molecule has 1 aromatic heterocycles. The fourth-order valence-corrected chi connectivity index (χ4v) is 4.29. The zero-order valence-electron chi connectivity index (χ0n) is 21.8. The first-order valence-electron chi connectivity index (χ1n) is 12.7. The van der Waals surface area contributed by atoms with Crippen molar-refractivity contribution in [3.05, 3.63) is 126 Å². The molecule has 1 heterocycles. The second-order valence-electron chi connectivity index (χ2n) is 9.06. The van der Waals surface area contributed by atoms with Gasteiger partial charge in [0.2, 0.25) is 0 Å². The van der Waals surface area contributed by atoms with Crippen LogP contribution >= 0.6 is 0 Å². The summed E-state index contributed by atoms with van der Waals surface area (Å²) in [5.41, 5.74) is 5.87. The predicted molar refractivity (Wildman–Crippen MR) is 153 cm³/mol. The topological polar surface area (TPSA) is 94.6 Å². The van der Waals surface area contributed by atoms with Crippen LogP contribution in [-0.4, -0.2) is 36.5 Å². The maximum atomic E-state index is 13.1. The van der Waals surface area contributed by atoms with E-state index in [1.807, 2.05) is 72.8 Å². The highest BCUT2D eigenvalue weighted by Gasteiger charge is 2.17. The van der Waals surface area contributed by atoms with E-state index in [1.165, 1.54) is 7.11 Å². The van der Waals surface area contributed by atoms with Crippen molar-refractivity contribution in [1.29, 1.82) is 0 Å². The summed E-state index contributed by atoms with van der Waals surface area (Å²) in [6.45, 7) is -0.212. The summed E-state index contributed by atoms with van der Waals surface area (Å²) in [7, 11) is 1.32. The molecule has 0 saturated carbocycles. The zero-order chi connectivity index (χ0) is 27.9. The maximum Gasteiger partial charge on any atom is 0.339 e. The fourth-order valence-electron chi connectivity index (χ4n) is 4.29. The van der Waals surface area contributed by atoms with Gasteiger partial charge in [-0.2, -0.15) is 0 Å². The van der Waals surface area contributed by atoms with Crippen LogP contribution in [0, 0.1) is 0 Å². The van der Waals surface area contributed by atoms with Gasteiger partial charge < -0.3 is 14.8 Å². The van der Waals surface area contributed by atoms with Crippen molar-refractivity contribution < 1.29 is 23.9 Å². The van der Waals surface area contributed by atoms with Gasteiger partial charge in [-0.25, -0.2) is 14.6 Å². The van der Waals surface area contributed by atoms with Crippen LogP contribution in [0.15, 0.2) is 109 Å². The van der Waals surface area contributed by atoms with Gasteiger partial charge in [-0.15, -0.1) is 0 Å². The van der Waals surface area contributed by atoms with Crippen molar-refractivity contribution in [2.45, 2.75) is 6.54 Å². The number of nitrogens with zero attached hydrogens (tertiary/aromatic N) is 1. The molecule has 198 valence electrons. The van der Waals surface area contributed by atoms with E-state index in [0.29, 0.717) is 27.7 Å². The number of rotatable bonds is 8. The molecule has 40 heavy (non-hydrogen) atoms. The first-order chi connectivity index (χ1) is 19.5. The van der Waals surface area contributed by atoms with Crippen LogP contribution in [0.3, 0.4) is 0 Å². The van der Waals surface area contributed by atoms with Gasteiger partial charge in [0.15, 0.2) is 6.61 Å². The first kappa shape index (κ1) is 26.3. The highest BCUT2D eigenvalue weighted by molar-refractivity contribution is 6.05. The Kier molecular flexibility index (Phi) is 7.92. The third-order valence-corrected chi connectivity index (χ3v) is 6.42. The molecule has 4 aromatic carbocycles. The van der Waals surface area contributed by atoms with Gasteiger partial charge in [0.25, 0.3) is 5.91 Å². The molecule has 0 atom stereocenters. The SMILES string of the molecule is COC(=O)c1ccc(CNC(=O)COC(=O)c2cc(-c3ccc(-c4ccccc4)cc3)nc3ccccc23)cc1. The molecule has 0 unspecified atom stereocenters. The molecule has 0 saturated heterocycles. The number of para-hydroxylation sites is 1. The molecule has 0 radical (unpaired) electrons. The lowest BCUT2D eigenvalue weighted by Gasteiger charge is -2.11. The number of carbonyl (C=O) groups is 3. The van der Waals surface area contributed by atoms with Crippen molar-refractivity contribution in [1.82, 2.24) is 10.3 Å². The van der Waals surface area contributed by atoms with Crippen LogP contribution in [0.1, 0.15) is 26.3 Å². The van der Waals surface area contributed by atoms with Crippen LogP contribution in [-0.2, 0) is 20.8 Å². The number of nitrogens with one attached hydrogen (secondary N) is 1. The van der Waals surface area contributed by atoms with Gasteiger partial charge in [-0.1, -0.05) is 84.9 Å². The number of aromatic nitrogens is 1. The molecule has 7 heteroatoms. The Balaban J connectivity index is 1.28. The Morgan fingerprint density at radius 2 is 1.38 bits per heavy atom. The molecule has 1 N–H and O–H groups in total. The van der Waals surface area contributed by atoms with E-state index >= 15 is 0 Å². The number of fused-ring (bicyclic) bond motifs is 1. The van der Waals surface area contributed by atoms with E-state index < -0.39 is 24.5 Å². The number of methoxy groups -OCH3 is 1. The monoisotopic (exact) mass is 530 g/mol. The summed E-state index contributed by atoms with van der Waals surface area (Å²) in [5.74, 6) is -1.49. The number of ether oxygens (including phenoxy) is 2. The summed E-state index contributed by atoms with van der Waals surface area (Å²) >= 11 is 0. The number of pyridine rings is 1. The summed E-state index contributed by atoms with van der Waals surface area (Å²) in [6, 6.07) is 33.8. The molecule has 0 spiro atoms. The first-order valence-corrected chi connectivity index (χ1v) is 12.7. The van der Waals surface area contributed by atoms with Crippen LogP contribution < -0.4 is 5.32 Å². The van der Waals surface area contributed by atoms with Gasteiger partial charge in [0, 0.05) is 17.5 Å². The van der Waals surface area contributed by atoms with Crippen molar-refractivity contribution in [2.24, 2.45) is 0 Å². The molecule has 0 aliphatic heterocycles. The van der Waals surface area contributed by atoms with E-state index in [1.54, 1.807) is 36.4 Å². The summed E-state index contributed by atoms with van der Waals surface area (Å²) in [4.78, 5) is 41.8. The van der Waals surface area contributed by atoms with Crippen molar-refractivity contribution in [2.75, 3.05) is 13.7 Å². The average molecular weight is 531 g/mol. The maximum absolute atomic E-state index is 13.1. The normalized spacial score (nSPS) is 10.6. The Morgan fingerprint density at radius 1 is 0.725 bits per heavy atom. The summed E-state index contributed by atoms with van der Waals surface area (Å²) < 4.78 is 10.1. The minimum Gasteiger partial charge on any atom is -0.465 e. The number of carbonyl (C=O) groups excluding carboxylic acids is 3. The molecule has 0 aliphatic rings. The molecule has 0 fully saturated rings. The fraction of sp³-hybridized carbons (Fsp3) is 0.0909. The second kappa shape index (κ2) is 12.0. The van der Waals surface area contributed by atoms with Gasteiger partial charge in [-0.05, 0) is 41.0 Å². The van der Waals surface area contributed by atoms with E-state index in [4.69, 9.17) is 9.72 Å². The Labute approximate surface area is 231 Å². The highest BCUT2D eigenvalue weighted by atomic mass is 16.5. The molecular formula is C33H26N2O5. The van der Waals surface area contributed by atoms with Gasteiger partial charge in [-0.3, -0.25) is 4.79 Å². The lowest BCUT2D eigenvalue weighted by atomic mass is 10.0. The molecule has 5 aromatic rings. The van der Waals surface area contributed by atoms with Gasteiger partial charge in [0.05, 0.1) is 29.4 Å². The number of hydrogen-bond donors (Lipinski definition) is 1. The van der Waals surface area contributed by atoms with Crippen LogP contribution in [0.5, 0.6) is 0 Å². The van der Waals surface area contributed by atoms with Gasteiger partial charge in [0.1, 0.15) is 0 Å². The van der Waals surface area contributed by atoms with E-state index in [9.17, 15) is 14.4 Å². The van der Waals surface area contributed by atoms with E-state index in [-0.39, 0.29) is 6.54 Å².